The molecule has 2 aliphatic heterocycles. The maximum Gasteiger partial charge on any atom is 0.127 e. The molecule has 13 heavy (non-hydrogen) atoms. The lowest BCUT2D eigenvalue weighted by Crippen LogP contribution is -2.24. The number of hydrogen-bond donors (Lipinski definition) is 1. The fraction of sp³-hybridized carbons (Fsp3) is 0.455. The molecule has 1 unspecified atom stereocenters. The van der Waals surface area contributed by atoms with Gasteiger partial charge in [-0.15, -0.1) is 0 Å². The van der Waals surface area contributed by atoms with Crippen molar-refractivity contribution in [2.45, 2.75) is 18.9 Å². The lowest BCUT2D eigenvalue weighted by Gasteiger charge is -2.14. The monoisotopic (exact) mass is 175 g/mol. The number of nitrogens with one attached hydrogen (secondary N) is 1. The maximum atomic E-state index is 5.89. The topological polar surface area (TPSA) is 21.3 Å². The van der Waals surface area contributed by atoms with E-state index >= 15 is 0 Å². The summed E-state index contributed by atoms with van der Waals surface area (Å²) < 4.78 is 5.89. The Morgan fingerprint density at radius 3 is 3.46 bits per heavy atom. The normalized spacial score (nSPS) is 30.8. The Morgan fingerprint density at radius 2 is 2.46 bits per heavy atom. The minimum atomic E-state index is 0.329. The van der Waals surface area contributed by atoms with Gasteiger partial charge in [0.1, 0.15) is 11.9 Å². The van der Waals surface area contributed by atoms with Crippen LogP contribution in [-0.4, -0.2) is 19.2 Å². The van der Waals surface area contributed by atoms with Crippen molar-refractivity contribution in [3.05, 3.63) is 35.1 Å². The number of ether oxygens (including phenoxy) is 1. The zero-order chi connectivity index (χ0) is 8.67. The highest BCUT2D eigenvalue weighted by Gasteiger charge is 2.31. The Hall–Kier alpha value is -1.02. The molecule has 0 aromatic heterocycles. The Balaban J connectivity index is 2.00. The Bertz CT molecular complexity index is 325. The molecule has 0 saturated carbocycles. The molecule has 0 aromatic rings. The third-order valence-electron chi connectivity index (χ3n) is 2.91. The van der Waals surface area contributed by atoms with Crippen LogP contribution in [0.5, 0.6) is 0 Å². The molecule has 0 bridgehead atoms. The van der Waals surface area contributed by atoms with Gasteiger partial charge in [0, 0.05) is 37.1 Å². The largest absolute Gasteiger partial charge is 0.489 e. The summed E-state index contributed by atoms with van der Waals surface area (Å²) in [6.07, 6.45) is 8.94. The lowest BCUT2D eigenvalue weighted by molar-refractivity contribution is 0.159. The van der Waals surface area contributed by atoms with Gasteiger partial charge in [0.2, 0.25) is 0 Å². The van der Waals surface area contributed by atoms with Crippen LogP contribution in [0.3, 0.4) is 0 Å². The summed E-state index contributed by atoms with van der Waals surface area (Å²) in [7, 11) is 0. The van der Waals surface area contributed by atoms with Crippen LogP contribution in [0.25, 0.3) is 0 Å². The standard InChI is InChI=1S/C11H13NO/c1-2-4-10-8(3-1)9-7-12-6-5-11(9)13-10/h1-3,10,12H,4-7H2. The van der Waals surface area contributed by atoms with Gasteiger partial charge < -0.3 is 10.1 Å². The smallest absolute Gasteiger partial charge is 0.127 e. The molecule has 0 amide bonds. The first kappa shape index (κ1) is 7.39. The average molecular weight is 175 g/mol. The van der Waals surface area contributed by atoms with Crippen LogP contribution in [-0.2, 0) is 4.74 Å². The van der Waals surface area contributed by atoms with Crippen molar-refractivity contribution in [2.24, 2.45) is 0 Å². The molecule has 68 valence electrons. The van der Waals surface area contributed by atoms with E-state index in [1.807, 2.05) is 0 Å². The van der Waals surface area contributed by atoms with Crippen LogP contribution in [0.4, 0.5) is 0 Å². The van der Waals surface area contributed by atoms with Gasteiger partial charge in [-0.2, -0.15) is 0 Å². The van der Waals surface area contributed by atoms with E-state index in [1.165, 1.54) is 16.9 Å². The van der Waals surface area contributed by atoms with Gasteiger partial charge in [0.25, 0.3) is 0 Å². The lowest BCUT2D eigenvalue weighted by atomic mass is 9.95. The van der Waals surface area contributed by atoms with E-state index in [-0.39, 0.29) is 0 Å². The second kappa shape index (κ2) is 2.74. The van der Waals surface area contributed by atoms with Crippen molar-refractivity contribution in [3.63, 3.8) is 0 Å². The molecule has 2 nitrogen and oxygen atoms in total. The molecule has 2 heteroatoms. The van der Waals surface area contributed by atoms with E-state index in [4.69, 9.17) is 4.74 Å². The predicted octanol–water partition coefficient (Wildman–Crippen LogP) is 1.52. The number of hydrogen-bond acceptors (Lipinski definition) is 2. The Kier molecular flexibility index (Phi) is 1.56. The minimum Gasteiger partial charge on any atom is -0.489 e. The van der Waals surface area contributed by atoms with Gasteiger partial charge >= 0.3 is 0 Å². The zero-order valence-corrected chi connectivity index (χ0v) is 7.55. The van der Waals surface area contributed by atoms with E-state index in [9.17, 15) is 0 Å². The SMILES string of the molecule is C1=CCC2OC3=C(CNCC3)C2=C1. The van der Waals surface area contributed by atoms with Crippen LogP contribution in [0.1, 0.15) is 12.8 Å². The van der Waals surface area contributed by atoms with E-state index in [0.29, 0.717) is 6.10 Å². The fourth-order valence-electron chi connectivity index (χ4n) is 2.24. The van der Waals surface area contributed by atoms with Crippen LogP contribution in [0.2, 0.25) is 0 Å². The third-order valence-corrected chi connectivity index (χ3v) is 2.91. The molecule has 0 saturated heterocycles. The molecule has 1 N–H and O–H groups in total. The zero-order valence-electron chi connectivity index (χ0n) is 7.55. The van der Waals surface area contributed by atoms with E-state index < -0.39 is 0 Å². The van der Waals surface area contributed by atoms with Gasteiger partial charge in [-0.25, -0.2) is 0 Å². The fourth-order valence-corrected chi connectivity index (χ4v) is 2.24. The van der Waals surface area contributed by atoms with Gasteiger partial charge in [-0.3, -0.25) is 0 Å². The average Bonchev–Trinajstić information content (AvgIpc) is 2.56. The van der Waals surface area contributed by atoms with Crippen molar-refractivity contribution in [3.8, 4) is 0 Å². The van der Waals surface area contributed by atoms with E-state index in [1.54, 1.807) is 0 Å². The quantitative estimate of drug-likeness (QED) is 0.602. The van der Waals surface area contributed by atoms with E-state index in [0.717, 1.165) is 25.9 Å². The van der Waals surface area contributed by atoms with Crippen LogP contribution < -0.4 is 5.32 Å². The molecule has 3 rings (SSSR count). The van der Waals surface area contributed by atoms with E-state index in [2.05, 4.69) is 23.5 Å². The Labute approximate surface area is 78.0 Å². The number of allylic oxidation sites excluding steroid dienone is 2. The third kappa shape index (κ3) is 1.05. The second-order valence-electron chi connectivity index (χ2n) is 3.72. The minimum absolute atomic E-state index is 0.329. The highest BCUT2D eigenvalue weighted by Crippen LogP contribution is 2.36. The molecule has 1 atom stereocenters. The number of fused-ring (bicyclic) bond motifs is 2. The van der Waals surface area contributed by atoms with Gasteiger partial charge in [0.05, 0.1) is 0 Å². The summed E-state index contributed by atoms with van der Waals surface area (Å²) >= 11 is 0. The molecular formula is C11H13NO. The van der Waals surface area contributed by atoms with Crippen molar-refractivity contribution in [1.29, 1.82) is 0 Å². The summed E-state index contributed by atoms with van der Waals surface area (Å²) in [6.45, 7) is 2.05. The van der Waals surface area contributed by atoms with Crippen molar-refractivity contribution < 1.29 is 4.74 Å². The molecule has 3 aliphatic rings. The first-order valence-corrected chi connectivity index (χ1v) is 4.91. The van der Waals surface area contributed by atoms with Crippen molar-refractivity contribution in [2.75, 3.05) is 13.1 Å². The van der Waals surface area contributed by atoms with Crippen molar-refractivity contribution >= 4 is 0 Å². The van der Waals surface area contributed by atoms with Crippen LogP contribution in [0.15, 0.2) is 35.1 Å². The summed E-state index contributed by atoms with van der Waals surface area (Å²) in [6, 6.07) is 0. The van der Waals surface area contributed by atoms with Gasteiger partial charge in [-0.05, 0) is 0 Å². The van der Waals surface area contributed by atoms with Gasteiger partial charge in [0.15, 0.2) is 0 Å². The summed E-state index contributed by atoms with van der Waals surface area (Å²) in [4.78, 5) is 0. The summed E-state index contributed by atoms with van der Waals surface area (Å²) in [5.41, 5.74) is 2.82. The molecular weight excluding hydrogens is 162 g/mol. The Morgan fingerprint density at radius 1 is 1.46 bits per heavy atom. The molecule has 2 heterocycles. The summed E-state index contributed by atoms with van der Waals surface area (Å²) in [5, 5.41) is 3.39. The number of rotatable bonds is 0. The first-order valence-electron chi connectivity index (χ1n) is 4.91. The molecule has 0 spiro atoms. The van der Waals surface area contributed by atoms with Crippen LogP contribution in [0, 0.1) is 0 Å². The maximum absolute atomic E-state index is 5.89. The second-order valence-corrected chi connectivity index (χ2v) is 3.72. The predicted molar refractivity (Wildman–Crippen MR) is 51.2 cm³/mol. The van der Waals surface area contributed by atoms with Crippen LogP contribution >= 0.6 is 0 Å². The van der Waals surface area contributed by atoms with Crippen molar-refractivity contribution in [1.82, 2.24) is 5.32 Å². The highest BCUT2D eigenvalue weighted by atomic mass is 16.5. The summed E-state index contributed by atoms with van der Waals surface area (Å²) in [5.74, 6) is 1.23. The molecule has 0 aromatic carbocycles. The van der Waals surface area contributed by atoms with Gasteiger partial charge in [-0.1, -0.05) is 18.2 Å². The molecule has 0 fully saturated rings. The molecule has 0 radical (unpaired) electrons. The molecule has 1 aliphatic carbocycles. The highest BCUT2D eigenvalue weighted by molar-refractivity contribution is 5.46. The first-order chi connectivity index (χ1) is 6.45.